The number of nitrogens with zero attached hydrogens (tertiary/aromatic N) is 1. The Morgan fingerprint density at radius 3 is 3.07 bits per heavy atom. The van der Waals surface area contributed by atoms with Gasteiger partial charge in [-0.2, -0.15) is 0 Å². The van der Waals surface area contributed by atoms with Crippen LogP contribution in [0.25, 0.3) is 0 Å². The molecule has 0 aliphatic carbocycles. The molecular formula is C10H18N2O2. The minimum atomic E-state index is -0.128. The Labute approximate surface area is 84.6 Å². The van der Waals surface area contributed by atoms with Crippen molar-refractivity contribution in [1.29, 1.82) is 0 Å². The van der Waals surface area contributed by atoms with Crippen LogP contribution < -0.4 is 5.32 Å². The lowest BCUT2D eigenvalue weighted by atomic mass is 9.96. The van der Waals surface area contributed by atoms with E-state index in [1.165, 1.54) is 0 Å². The van der Waals surface area contributed by atoms with Crippen molar-refractivity contribution >= 4 is 6.09 Å². The molecule has 2 aliphatic rings. The second-order valence-electron chi connectivity index (χ2n) is 4.31. The highest BCUT2D eigenvalue weighted by molar-refractivity contribution is 5.68. The molecule has 1 N–H and O–H groups in total. The topological polar surface area (TPSA) is 41.6 Å². The molecular weight excluding hydrogens is 180 g/mol. The van der Waals surface area contributed by atoms with Crippen LogP contribution in [0.4, 0.5) is 4.79 Å². The van der Waals surface area contributed by atoms with Crippen molar-refractivity contribution in [2.24, 2.45) is 5.92 Å². The number of hydrogen-bond acceptors (Lipinski definition) is 3. The van der Waals surface area contributed by atoms with Crippen LogP contribution in [-0.4, -0.2) is 43.3 Å². The first-order valence-electron chi connectivity index (χ1n) is 5.41. The third kappa shape index (κ3) is 2.00. The van der Waals surface area contributed by atoms with Crippen molar-refractivity contribution in [3.8, 4) is 0 Å². The highest BCUT2D eigenvalue weighted by atomic mass is 16.6. The van der Waals surface area contributed by atoms with Gasteiger partial charge in [-0.1, -0.05) is 6.92 Å². The average molecular weight is 198 g/mol. The Morgan fingerprint density at radius 1 is 1.50 bits per heavy atom. The van der Waals surface area contributed by atoms with Gasteiger partial charge in [0.15, 0.2) is 0 Å². The van der Waals surface area contributed by atoms with Gasteiger partial charge in [0.2, 0.25) is 0 Å². The Bertz CT molecular complexity index is 220. The van der Waals surface area contributed by atoms with E-state index < -0.39 is 0 Å². The van der Waals surface area contributed by atoms with Crippen LogP contribution >= 0.6 is 0 Å². The molecule has 2 unspecified atom stereocenters. The van der Waals surface area contributed by atoms with Gasteiger partial charge in [-0.25, -0.2) is 4.79 Å². The van der Waals surface area contributed by atoms with Crippen LogP contribution in [0.5, 0.6) is 0 Å². The summed E-state index contributed by atoms with van der Waals surface area (Å²) in [4.78, 5) is 13.4. The molecule has 4 nitrogen and oxygen atoms in total. The molecule has 0 bridgehead atoms. The number of ether oxygens (including phenoxy) is 1. The summed E-state index contributed by atoms with van der Waals surface area (Å²) in [5.41, 5.74) is 0. The molecule has 2 atom stereocenters. The number of amides is 1. The lowest BCUT2D eigenvalue weighted by molar-refractivity contribution is 0.0456. The summed E-state index contributed by atoms with van der Waals surface area (Å²) >= 11 is 0. The molecule has 0 saturated carbocycles. The number of nitrogens with one attached hydrogen (secondary N) is 1. The number of cyclic esters (lactones) is 1. The second-order valence-corrected chi connectivity index (χ2v) is 4.31. The number of rotatable bonds is 1. The van der Waals surface area contributed by atoms with Crippen LogP contribution in [-0.2, 0) is 4.74 Å². The molecule has 1 amide bonds. The van der Waals surface area contributed by atoms with E-state index in [0.29, 0.717) is 18.6 Å². The second kappa shape index (κ2) is 4.17. The molecule has 0 aromatic rings. The summed E-state index contributed by atoms with van der Waals surface area (Å²) in [6.45, 7) is 5.65. The van der Waals surface area contributed by atoms with Crippen molar-refractivity contribution in [3.05, 3.63) is 0 Å². The highest BCUT2D eigenvalue weighted by Gasteiger charge is 2.30. The van der Waals surface area contributed by atoms with Crippen LogP contribution in [0.2, 0.25) is 0 Å². The van der Waals surface area contributed by atoms with E-state index in [9.17, 15) is 4.79 Å². The van der Waals surface area contributed by atoms with E-state index in [-0.39, 0.29) is 6.09 Å². The molecule has 2 fully saturated rings. The molecule has 80 valence electrons. The monoisotopic (exact) mass is 198 g/mol. The zero-order valence-corrected chi connectivity index (χ0v) is 8.66. The molecule has 4 heteroatoms. The Balaban J connectivity index is 1.94. The number of piperidine rings is 1. The van der Waals surface area contributed by atoms with Crippen molar-refractivity contribution in [1.82, 2.24) is 10.2 Å². The first-order valence-corrected chi connectivity index (χ1v) is 5.41. The van der Waals surface area contributed by atoms with Crippen LogP contribution in [0.1, 0.15) is 19.8 Å². The maximum Gasteiger partial charge on any atom is 0.410 e. The maximum atomic E-state index is 11.5. The minimum absolute atomic E-state index is 0.128. The molecule has 2 heterocycles. The van der Waals surface area contributed by atoms with E-state index in [1.54, 1.807) is 0 Å². The zero-order valence-electron chi connectivity index (χ0n) is 8.66. The van der Waals surface area contributed by atoms with Gasteiger partial charge in [-0.15, -0.1) is 0 Å². The minimum Gasteiger partial charge on any atom is -0.449 e. The summed E-state index contributed by atoms with van der Waals surface area (Å²) in [5.74, 6) is 0.656. The van der Waals surface area contributed by atoms with Crippen molar-refractivity contribution in [2.45, 2.75) is 25.8 Å². The fraction of sp³-hybridized carbons (Fsp3) is 0.900. The molecule has 0 spiro atoms. The SMILES string of the molecule is CC1CNCC(N2CCCOC2=O)C1. The molecule has 0 aromatic carbocycles. The lowest BCUT2D eigenvalue weighted by Gasteiger charge is -2.38. The van der Waals surface area contributed by atoms with Gasteiger partial charge in [-0.3, -0.25) is 0 Å². The van der Waals surface area contributed by atoms with E-state index in [1.807, 2.05) is 4.90 Å². The molecule has 2 saturated heterocycles. The third-order valence-electron chi connectivity index (χ3n) is 2.99. The van der Waals surface area contributed by atoms with Gasteiger partial charge in [0.25, 0.3) is 0 Å². The summed E-state index contributed by atoms with van der Waals surface area (Å²) in [6.07, 6.45) is 1.94. The van der Waals surface area contributed by atoms with E-state index in [4.69, 9.17) is 4.74 Å². The predicted molar refractivity (Wildman–Crippen MR) is 53.1 cm³/mol. The van der Waals surface area contributed by atoms with Crippen molar-refractivity contribution in [2.75, 3.05) is 26.2 Å². The zero-order chi connectivity index (χ0) is 9.97. The summed E-state index contributed by atoms with van der Waals surface area (Å²) in [6, 6.07) is 0.339. The summed E-state index contributed by atoms with van der Waals surface area (Å²) < 4.78 is 5.04. The molecule has 0 radical (unpaired) electrons. The first kappa shape index (κ1) is 9.77. The van der Waals surface area contributed by atoms with Gasteiger partial charge >= 0.3 is 6.09 Å². The fourth-order valence-electron chi connectivity index (χ4n) is 2.27. The standard InChI is InChI=1S/C10H18N2O2/c1-8-5-9(7-11-6-8)12-3-2-4-14-10(12)13/h8-9,11H,2-7H2,1H3. The van der Waals surface area contributed by atoms with Gasteiger partial charge in [0.1, 0.15) is 0 Å². The molecule has 0 aromatic heterocycles. The quantitative estimate of drug-likeness (QED) is 0.678. The fourth-order valence-corrected chi connectivity index (χ4v) is 2.27. The molecule has 2 aliphatic heterocycles. The Hall–Kier alpha value is -0.770. The number of carbonyl (C=O) groups is 1. The Kier molecular flexibility index (Phi) is 2.91. The lowest BCUT2D eigenvalue weighted by Crippen LogP contribution is -2.53. The maximum absolute atomic E-state index is 11.5. The first-order chi connectivity index (χ1) is 6.77. The summed E-state index contributed by atoms with van der Waals surface area (Å²) in [5, 5.41) is 3.35. The van der Waals surface area contributed by atoms with Gasteiger partial charge in [-0.05, 0) is 25.3 Å². The molecule has 14 heavy (non-hydrogen) atoms. The van der Waals surface area contributed by atoms with E-state index in [0.717, 1.165) is 32.5 Å². The smallest absolute Gasteiger partial charge is 0.410 e. The van der Waals surface area contributed by atoms with Crippen LogP contribution in [0.15, 0.2) is 0 Å². The van der Waals surface area contributed by atoms with Crippen LogP contribution in [0, 0.1) is 5.92 Å². The van der Waals surface area contributed by atoms with Gasteiger partial charge in [0, 0.05) is 19.1 Å². The van der Waals surface area contributed by atoms with Crippen LogP contribution in [0.3, 0.4) is 0 Å². The average Bonchev–Trinajstić information content (AvgIpc) is 2.18. The number of hydrogen-bond donors (Lipinski definition) is 1. The normalized spacial score (nSPS) is 34.1. The Morgan fingerprint density at radius 2 is 2.36 bits per heavy atom. The summed E-state index contributed by atoms with van der Waals surface area (Å²) in [7, 11) is 0. The van der Waals surface area contributed by atoms with Gasteiger partial charge in [0.05, 0.1) is 6.61 Å². The highest BCUT2D eigenvalue weighted by Crippen LogP contribution is 2.18. The van der Waals surface area contributed by atoms with Crippen molar-refractivity contribution in [3.63, 3.8) is 0 Å². The molecule has 2 rings (SSSR count). The van der Waals surface area contributed by atoms with Crippen molar-refractivity contribution < 1.29 is 9.53 Å². The predicted octanol–water partition coefficient (Wildman–Crippen LogP) is 0.827. The van der Waals surface area contributed by atoms with E-state index in [2.05, 4.69) is 12.2 Å². The third-order valence-corrected chi connectivity index (χ3v) is 2.99. The van der Waals surface area contributed by atoms with E-state index >= 15 is 0 Å². The number of carbonyl (C=O) groups excluding carboxylic acids is 1. The van der Waals surface area contributed by atoms with Gasteiger partial charge < -0.3 is 15.0 Å². The largest absolute Gasteiger partial charge is 0.449 e.